The molecule has 0 aromatic heterocycles. The van der Waals surface area contributed by atoms with E-state index < -0.39 is 11.9 Å². The molecule has 1 aliphatic heterocycles. The van der Waals surface area contributed by atoms with Crippen LogP contribution in [0.5, 0.6) is 0 Å². The van der Waals surface area contributed by atoms with Gasteiger partial charge in [0, 0.05) is 26.2 Å². The number of hydrogen-bond acceptors (Lipinski definition) is 4. The first-order chi connectivity index (χ1) is 9.43. The van der Waals surface area contributed by atoms with Crippen molar-refractivity contribution in [2.75, 3.05) is 39.3 Å². The van der Waals surface area contributed by atoms with Gasteiger partial charge in [-0.15, -0.1) is 0 Å². The normalized spacial score (nSPS) is 18.3. The molecule has 0 aliphatic carbocycles. The second-order valence-electron chi connectivity index (χ2n) is 5.76. The summed E-state index contributed by atoms with van der Waals surface area (Å²) in [5, 5.41) is 18.0. The number of aliphatic carboxylic acids is 1. The van der Waals surface area contributed by atoms with Gasteiger partial charge in [-0.1, -0.05) is 13.8 Å². The molecule has 0 saturated carbocycles. The maximum Gasteiger partial charge on any atom is 0.307 e. The highest BCUT2D eigenvalue weighted by atomic mass is 16.4. The fourth-order valence-corrected chi connectivity index (χ4v) is 2.39. The van der Waals surface area contributed by atoms with E-state index in [1.807, 2.05) is 4.90 Å². The molecular formula is C14H26N2O4. The second-order valence-corrected chi connectivity index (χ2v) is 5.76. The van der Waals surface area contributed by atoms with Gasteiger partial charge in [0.15, 0.2) is 0 Å². The van der Waals surface area contributed by atoms with Crippen molar-refractivity contribution in [1.82, 2.24) is 9.80 Å². The molecule has 1 heterocycles. The van der Waals surface area contributed by atoms with Crippen LogP contribution in [0.15, 0.2) is 0 Å². The Morgan fingerprint density at radius 2 is 1.95 bits per heavy atom. The van der Waals surface area contributed by atoms with Crippen molar-refractivity contribution >= 4 is 11.9 Å². The summed E-state index contributed by atoms with van der Waals surface area (Å²) in [6, 6.07) is 0. The standard InChI is InChI=1S/C14H26N2O4/c1-11-3-5-16(6-4-11)13(18)10-15(7-8-17)9-12(2)14(19)20/h11-12,17H,3-10H2,1-2H3,(H,19,20). The zero-order valence-electron chi connectivity index (χ0n) is 12.4. The molecular weight excluding hydrogens is 260 g/mol. The fraction of sp³-hybridized carbons (Fsp3) is 0.857. The lowest BCUT2D eigenvalue weighted by Gasteiger charge is -2.32. The first-order valence-corrected chi connectivity index (χ1v) is 7.27. The number of rotatable bonds is 7. The van der Waals surface area contributed by atoms with Crippen LogP contribution in [0, 0.1) is 11.8 Å². The Morgan fingerprint density at radius 3 is 2.45 bits per heavy atom. The van der Waals surface area contributed by atoms with E-state index in [0.29, 0.717) is 12.5 Å². The van der Waals surface area contributed by atoms with Gasteiger partial charge < -0.3 is 15.1 Å². The number of carboxylic acid groups (broad SMARTS) is 1. The molecule has 6 nitrogen and oxygen atoms in total. The van der Waals surface area contributed by atoms with Gasteiger partial charge in [0.05, 0.1) is 19.1 Å². The Morgan fingerprint density at radius 1 is 1.35 bits per heavy atom. The van der Waals surface area contributed by atoms with E-state index in [1.54, 1.807) is 11.8 Å². The molecule has 20 heavy (non-hydrogen) atoms. The smallest absolute Gasteiger partial charge is 0.307 e. The number of piperidine rings is 1. The number of amides is 1. The highest BCUT2D eigenvalue weighted by molar-refractivity contribution is 5.78. The van der Waals surface area contributed by atoms with Gasteiger partial charge in [0.1, 0.15) is 0 Å². The number of carbonyl (C=O) groups excluding carboxylic acids is 1. The minimum absolute atomic E-state index is 0.0305. The molecule has 116 valence electrons. The largest absolute Gasteiger partial charge is 0.481 e. The van der Waals surface area contributed by atoms with E-state index >= 15 is 0 Å². The fourth-order valence-electron chi connectivity index (χ4n) is 2.39. The molecule has 1 amide bonds. The summed E-state index contributed by atoms with van der Waals surface area (Å²) in [6.07, 6.45) is 2.05. The Bertz CT molecular complexity index is 327. The van der Waals surface area contributed by atoms with Crippen molar-refractivity contribution in [3.05, 3.63) is 0 Å². The predicted octanol–water partition coefficient (Wildman–Crippen LogP) is 0.260. The lowest BCUT2D eigenvalue weighted by molar-refractivity contribution is -0.143. The van der Waals surface area contributed by atoms with Crippen molar-refractivity contribution in [3.63, 3.8) is 0 Å². The lowest BCUT2D eigenvalue weighted by atomic mass is 9.99. The third-order valence-corrected chi connectivity index (χ3v) is 3.87. The average molecular weight is 286 g/mol. The van der Waals surface area contributed by atoms with Crippen LogP contribution in [-0.2, 0) is 9.59 Å². The summed E-state index contributed by atoms with van der Waals surface area (Å²) in [5.41, 5.74) is 0. The minimum atomic E-state index is -0.882. The minimum Gasteiger partial charge on any atom is -0.481 e. The van der Waals surface area contributed by atoms with Crippen molar-refractivity contribution < 1.29 is 19.8 Å². The first kappa shape index (κ1) is 16.9. The second kappa shape index (κ2) is 8.21. The quantitative estimate of drug-likeness (QED) is 0.701. The van der Waals surface area contributed by atoms with Crippen LogP contribution in [0.4, 0.5) is 0 Å². The van der Waals surface area contributed by atoms with Gasteiger partial charge >= 0.3 is 5.97 Å². The van der Waals surface area contributed by atoms with Crippen LogP contribution < -0.4 is 0 Å². The van der Waals surface area contributed by atoms with E-state index in [0.717, 1.165) is 25.9 Å². The molecule has 2 N–H and O–H groups in total. The molecule has 0 spiro atoms. The van der Waals surface area contributed by atoms with E-state index in [2.05, 4.69) is 6.92 Å². The number of nitrogens with zero attached hydrogens (tertiary/aromatic N) is 2. The number of carboxylic acids is 1. The number of likely N-dealkylation sites (tertiary alicyclic amines) is 1. The van der Waals surface area contributed by atoms with Gasteiger partial charge in [-0.2, -0.15) is 0 Å². The molecule has 6 heteroatoms. The summed E-state index contributed by atoms with van der Waals surface area (Å²) in [7, 11) is 0. The number of aliphatic hydroxyl groups is 1. The molecule has 0 aromatic rings. The summed E-state index contributed by atoms with van der Waals surface area (Å²) < 4.78 is 0. The number of carbonyl (C=O) groups is 2. The summed E-state index contributed by atoms with van der Waals surface area (Å²) in [5.74, 6) is -0.731. The zero-order valence-corrected chi connectivity index (χ0v) is 12.4. The predicted molar refractivity (Wildman–Crippen MR) is 75.3 cm³/mol. The Labute approximate surface area is 120 Å². The molecule has 0 bridgehead atoms. The maximum absolute atomic E-state index is 12.2. The molecule has 1 aliphatic rings. The maximum atomic E-state index is 12.2. The van der Waals surface area contributed by atoms with E-state index in [4.69, 9.17) is 10.2 Å². The Balaban J connectivity index is 2.47. The Kier molecular flexibility index (Phi) is 6.95. The summed E-state index contributed by atoms with van der Waals surface area (Å²) >= 11 is 0. The highest BCUT2D eigenvalue weighted by Crippen LogP contribution is 2.16. The van der Waals surface area contributed by atoms with Crippen LogP contribution in [0.2, 0.25) is 0 Å². The third-order valence-electron chi connectivity index (χ3n) is 3.87. The molecule has 1 fully saturated rings. The highest BCUT2D eigenvalue weighted by Gasteiger charge is 2.23. The average Bonchev–Trinajstić information content (AvgIpc) is 2.39. The van der Waals surface area contributed by atoms with Gasteiger partial charge in [-0.05, 0) is 18.8 Å². The van der Waals surface area contributed by atoms with Crippen LogP contribution in [0.3, 0.4) is 0 Å². The summed E-state index contributed by atoms with van der Waals surface area (Å²) in [6.45, 7) is 6.08. The topological polar surface area (TPSA) is 81.1 Å². The molecule has 1 atom stereocenters. The van der Waals surface area contributed by atoms with E-state index in [1.165, 1.54) is 0 Å². The van der Waals surface area contributed by atoms with E-state index in [-0.39, 0.29) is 25.6 Å². The van der Waals surface area contributed by atoms with Crippen molar-refractivity contribution in [2.24, 2.45) is 11.8 Å². The van der Waals surface area contributed by atoms with Crippen LogP contribution in [0.25, 0.3) is 0 Å². The van der Waals surface area contributed by atoms with Gasteiger partial charge in [0.2, 0.25) is 5.91 Å². The van der Waals surface area contributed by atoms with Crippen LogP contribution in [0.1, 0.15) is 26.7 Å². The van der Waals surface area contributed by atoms with Crippen molar-refractivity contribution in [1.29, 1.82) is 0 Å². The van der Waals surface area contributed by atoms with Crippen molar-refractivity contribution in [3.8, 4) is 0 Å². The molecule has 1 rings (SSSR count). The van der Waals surface area contributed by atoms with Crippen LogP contribution >= 0.6 is 0 Å². The van der Waals surface area contributed by atoms with Gasteiger partial charge in [-0.25, -0.2) is 0 Å². The molecule has 1 saturated heterocycles. The number of aliphatic hydroxyl groups excluding tert-OH is 1. The monoisotopic (exact) mass is 286 g/mol. The Hall–Kier alpha value is -1.14. The third kappa shape index (κ3) is 5.46. The first-order valence-electron chi connectivity index (χ1n) is 7.27. The van der Waals surface area contributed by atoms with Crippen molar-refractivity contribution in [2.45, 2.75) is 26.7 Å². The van der Waals surface area contributed by atoms with Gasteiger partial charge in [-0.3, -0.25) is 14.5 Å². The lowest BCUT2D eigenvalue weighted by Crippen LogP contribution is -2.46. The van der Waals surface area contributed by atoms with Gasteiger partial charge in [0.25, 0.3) is 0 Å². The number of hydrogen-bond donors (Lipinski definition) is 2. The van der Waals surface area contributed by atoms with E-state index in [9.17, 15) is 9.59 Å². The SMILES string of the molecule is CC1CCN(C(=O)CN(CCO)CC(C)C(=O)O)CC1. The molecule has 0 radical (unpaired) electrons. The summed E-state index contributed by atoms with van der Waals surface area (Å²) in [4.78, 5) is 26.6. The zero-order chi connectivity index (χ0) is 15.1. The molecule has 0 aromatic carbocycles. The molecule has 1 unspecified atom stereocenters. The van der Waals surface area contributed by atoms with Crippen LogP contribution in [-0.4, -0.2) is 71.2 Å².